The summed E-state index contributed by atoms with van der Waals surface area (Å²) >= 11 is 0. The molecule has 0 bridgehead atoms. The van der Waals surface area contributed by atoms with E-state index >= 15 is 0 Å². The van der Waals surface area contributed by atoms with Gasteiger partial charge in [-0.05, 0) is 32.6 Å². The molecule has 0 aromatic carbocycles. The van der Waals surface area contributed by atoms with Crippen molar-refractivity contribution >= 4 is 11.9 Å². The van der Waals surface area contributed by atoms with E-state index in [1.54, 1.807) is 6.92 Å². The van der Waals surface area contributed by atoms with Crippen molar-refractivity contribution in [3.05, 3.63) is 24.8 Å². The van der Waals surface area contributed by atoms with Gasteiger partial charge in [-0.3, -0.25) is 0 Å². The molecule has 0 saturated heterocycles. The third-order valence-corrected chi connectivity index (χ3v) is 2.62. The van der Waals surface area contributed by atoms with Gasteiger partial charge < -0.3 is 19.7 Å². The minimum atomic E-state index is -1.20. The van der Waals surface area contributed by atoms with Gasteiger partial charge in [-0.25, -0.2) is 9.59 Å². The molecular formula is C16H28O6. The second-order valence-electron chi connectivity index (χ2n) is 4.48. The van der Waals surface area contributed by atoms with Crippen molar-refractivity contribution in [2.24, 2.45) is 0 Å². The van der Waals surface area contributed by atoms with Gasteiger partial charge in [0.15, 0.2) is 6.29 Å². The summed E-state index contributed by atoms with van der Waals surface area (Å²) in [4.78, 5) is 21.0. The molecule has 0 spiro atoms. The molecule has 6 nitrogen and oxygen atoms in total. The van der Waals surface area contributed by atoms with Crippen LogP contribution in [0.1, 0.15) is 45.4 Å². The third kappa shape index (κ3) is 16.4. The number of hydrogen-bond donors (Lipinski definition) is 2. The van der Waals surface area contributed by atoms with E-state index < -0.39 is 6.29 Å². The van der Waals surface area contributed by atoms with Crippen LogP contribution in [0.15, 0.2) is 24.8 Å². The molecule has 22 heavy (non-hydrogen) atoms. The second-order valence-corrected chi connectivity index (χ2v) is 4.48. The van der Waals surface area contributed by atoms with Gasteiger partial charge in [0, 0.05) is 11.6 Å². The molecule has 0 aliphatic heterocycles. The Bertz CT molecular complexity index is 336. The molecule has 0 aliphatic rings. The lowest BCUT2D eigenvalue weighted by molar-refractivity contribution is -0.137. The Labute approximate surface area is 132 Å². The van der Waals surface area contributed by atoms with Gasteiger partial charge in [0.05, 0.1) is 13.7 Å². The first-order valence-electron chi connectivity index (χ1n) is 7.30. The van der Waals surface area contributed by atoms with E-state index in [1.807, 2.05) is 0 Å². The Morgan fingerprint density at radius 3 is 2.18 bits per heavy atom. The minimum Gasteiger partial charge on any atom is -0.466 e. The van der Waals surface area contributed by atoms with E-state index in [0.717, 1.165) is 31.8 Å². The summed E-state index contributed by atoms with van der Waals surface area (Å²) in [5.41, 5.74) is 0.500. The number of methoxy groups -OCH3 is 1. The smallest absolute Gasteiger partial charge is 0.333 e. The Balaban J connectivity index is 0. The lowest BCUT2D eigenvalue weighted by atomic mass is 10.1. The fourth-order valence-electron chi connectivity index (χ4n) is 1.47. The Morgan fingerprint density at radius 1 is 1.18 bits per heavy atom. The van der Waals surface area contributed by atoms with Crippen LogP contribution in [0.5, 0.6) is 0 Å². The number of carbonyl (C=O) groups excluding carboxylic acids is 2. The lowest BCUT2D eigenvalue weighted by Gasteiger charge is -2.04. The van der Waals surface area contributed by atoms with Crippen LogP contribution >= 0.6 is 0 Å². The number of carbonyl (C=O) groups is 2. The monoisotopic (exact) mass is 316 g/mol. The summed E-state index contributed by atoms with van der Waals surface area (Å²) in [6, 6.07) is 0. The predicted molar refractivity (Wildman–Crippen MR) is 83.9 cm³/mol. The molecule has 0 aromatic rings. The van der Waals surface area contributed by atoms with Gasteiger partial charge in [0.1, 0.15) is 0 Å². The van der Waals surface area contributed by atoms with Gasteiger partial charge in [0.2, 0.25) is 0 Å². The molecule has 0 radical (unpaired) electrons. The first-order valence-corrected chi connectivity index (χ1v) is 7.30. The van der Waals surface area contributed by atoms with Crippen molar-refractivity contribution in [3.8, 4) is 0 Å². The molecule has 0 aliphatic carbocycles. The Kier molecular flexibility index (Phi) is 16.2. The van der Waals surface area contributed by atoms with Crippen LogP contribution < -0.4 is 0 Å². The summed E-state index contributed by atoms with van der Waals surface area (Å²) < 4.78 is 8.95. The van der Waals surface area contributed by atoms with Crippen LogP contribution in [-0.4, -0.2) is 42.2 Å². The van der Waals surface area contributed by atoms with Crippen LogP contribution in [0, 0.1) is 0 Å². The highest BCUT2D eigenvalue weighted by molar-refractivity contribution is 5.87. The molecule has 0 aromatic heterocycles. The summed E-state index contributed by atoms with van der Waals surface area (Å²) in [6.45, 7) is 8.99. The number of aliphatic hydroxyl groups is 2. The summed E-state index contributed by atoms with van der Waals surface area (Å²) in [5.74, 6) is -0.705. The highest BCUT2D eigenvalue weighted by Crippen LogP contribution is 2.11. The maximum absolute atomic E-state index is 10.9. The maximum atomic E-state index is 10.9. The van der Waals surface area contributed by atoms with E-state index in [0.29, 0.717) is 25.0 Å². The first kappa shape index (κ1) is 22.6. The topological polar surface area (TPSA) is 93.1 Å². The van der Waals surface area contributed by atoms with Gasteiger partial charge in [-0.1, -0.05) is 26.0 Å². The molecular weight excluding hydrogens is 288 g/mol. The summed E-state index contributed by atoms with van der Waals surface area (Å²) in [7, 11) is 1.34. The van der Waals surface area contributed by atoms with Crippen molar-refractivity contribution in [3.63, 3.8) is 0 Å². The zero-order valence-corrected chi connectivity index (χ0v) is 13.5. The van der Waals surface area contributed by atoms with Crippen LogP contribution in [0.3, 0.4) is 0 Å². The van der Waals surface area contributed by atoms with Gasteiger partial charge >= 0.3 is 11.9 Å². The fourth-order valence-corrected chi connectivity index (χ4v) is 1.47. The van der Waals surface area contributed by atoms with E-state index in [1.165, 1.54) is 7.11 Å². The molecule has 0 heterocycles. The van der Waals surface area contributed by atoms with Crippen LogP contribution in [-0.2, 0) is 19.1 Å². The molecule has 2 N–H and O–H groups in total. The average molecular weight is 316 g/mol. The lowest BCUT2D eigenvalue weighted by Crippen LogP contribution is -2.04. The highest BCUT2D eigenvalue weighted by Gasteiger charge is 2.05. The van der Waals surface area contributed by atoms with Gasteiger partial charge in [0.25, 0.3) is 0 Å². The van der Waals surface area contributed by atoms with E-state index in [9.17, 15) is 9.59 Å². The largest absolute Gasteiger partial charge is 0.466 e. The number of unbranched alkanes of at least 4 members (excludes halogenated alkanes) is 3. The molecule has 0 unspecified atom stereocenters. The number of aliphatic hydroxyl groups excluding tert-OH is 1. The molecule has 6 heteroatoms. The van der Waals surface area contributed by atoms with Crippen molar-refractivity contribution in [1.82, 2.24) is 0 Å². The number of ether oxygens (including phenoxy) is 2. The minimum absolute atomic E-state index is 0.346. The SMILES string of the molecule is C=C(CCCCCCC(O)O)C(=O)OC.C=CC(=O)OCC. The first-order chi connectivity index (χ1) is 10.4. The average Bonchev–Trinajstić information content (AvgIpc) is 2.50. The molecule has 0 atom stereocenters. The zero-order valence-electron chi connectivity index (χ0n) is 13.5. The quantitative estimate of drug-likeness (QED) is 0.277. The van der Waals surface area contributed by atoms with Crippen LogP contribution in [0.4, 0.5) is 0 Å². The molecule has 0 saturated carbocycles. The standard InChI is InChI=1S/C11H20O4.C5H8O2/c1-9(11(14)15-2)7-5-3-4-6-8-10(12)13;1-3-5(6)7-4-2/h10,12-13H,1,3-8H2,2H3;3H,1,4H2,2H3. The maximum Gasteiger partial charge on any atom is 0.333 e. The van der Waals surface area contributed by atoms with Gasteiger partial charge in [-0.15, -0.1) is 0 Å². The summed E-state index contributed by atoms with van der Waals surface area (Å²) in [6.07, 6.45) is 4.58. The highest BCUT2D eigenvalue weighted by atomic mass is 16.5. The summed E-state index contributed by atoms with van der Waals surface area (Å²) in [5, 5.41) is 17.2. The Morgan fingerprint density at radius 2 is 1.77 bits per heavy atom. The Hall–Kier alpha value is -1.66. The van der Waals surface area contributed by atoms with Crippen molar-refractivity contribution in [1.29, 1.82) is 0 Å². The van der Waals surface area contributed by atoms with E-state index in [4.69, 9.17) is 10.2 Å². The molecule has 0 fully saturated rings. The van der Waals surface area contributed by atoms with E-state index in [-0.39, 0.29) is 11.9 Å². The third-order valence-electron chi connectivity index (χ3n) is 2.62. The molecule has 0 rings (SSSR count). The fraction of sp³-hybridized carbons (Fsp3) is 0.625. The van der Waals surface area contributed by atoms with Crippen molar-refractivity contribution in [2.75, 3.05) is 13.7 Å². The van der Waals surface area contributed by atoms with Crippen molar-refractivity contribution in [2.45, 2.75) is 51.7 Å². The molecule has 0 amide bonds. The van der Waals surface area contributed by atoms with E-state index in [2.05, 4.69) is 22.6 Å². The normalized spacial score (nSPS) is 9.50. The number of rotatable bonds is 10. The predicted octanol–water partition coefficient (Wildman–Crippen LogP) is 2.10. The van der Waals surface area contributed by atoms with Crippen LogP contribution in [0.25, 0.3) is 0 Å². The van der Waals surface area contributed by atoms with Crippen molar-refractivity contribution < 1.29 is 29.3 Å². The van der Waals surface area contributed by atoms with Gasteiger partial charge in [-0.2, -0.15) is 0 Å². The number of hydrogen-bond acceptors (Lipinski definition) is 6. The zero-order chi connectivity index (χ0) is 17.4. The van der Waals surface area contributed by atoms with Crippen LogP contribution in [0.2, 0.25) is 0 Å². The number of esters is 2. The molecule has 128 valence electrons. The second kappa shape index (κ2) is 15.7.